The van der Waals surface area contributed by atoms with Gasteiger partial charge in [-0.3, -0.25) is 0 Å². The highest BCUT2D eigenvalue weighted by molar-refractivity contribution is 5.90. The fraction of sp³-hybridized carbons (Fsp3) is 0.533. The van der Waals surface area contributed by atoms with Crippen molar-refractivity contribution < 1.29 is 14.3 Å². The third-order valence-corrected chi connectivity index (χ3v) is 3.60. The molecule has 0 aromatic heterocycles. The normalized spacial score (nSPS) is 23.4. The molecule has 0 aliphatic heterocycles. The second kappa shape index (κ2) is 5.89. The summed E-state index contributed by atoms with van der Waals surface area (Å²) in [5, 5.41) is 0. The van der Waals surface area contributed by atoms with Crippen LogP contribution in [0, 0.1) is 5.92 Å². The van der Waals surface area contributed by atoms with Crippen LogP contribution in [0.3, 0.4) is 0 Å². The van der Waals surface area contributed by atoms with Gasteiger partial charge in [0.2, 0.25) is 0 Å². The van der Waals surface area contributed by atoms with Gasteiger partial charge in [0.05, 0.1) is 12.7 Å². The highest BCUT2D eigenvalue weighted by atomic mass is 16.5. The van der Waals surface area contributed by atoms with Crippen molar-refractivity contribution in [2.45, 2.75) is 38.7 Å². The second-order valence-corrected chi connectivity index (χ2v) is 4.94. The lowest BCUT2D eigenvalue weighted by atomic mass is 9.88. The Morgan fingerprint density at radius 2 is 2.06 bits per heavy atom. The molecule has 1 aromatic rings. The smallest absolute Gasteiger partial charge is 0.338 e. The molecule has 0 bridgehead atoms. The minimum Gasteiger partial charge on any atom is -0.497 e. The Labute approximate surface area is 108 Å². The van der Waals surface area contributed by atoms with Gasteiger partial charge in [-0.25, -0.2) is 4.79 Å². The molecule has 3 heteroatoms. The molecule has 1 fully saturated rings. The van der Waals surface area contributed by atoms with Crippen molar-refractivity contribution in [3.8, 4) is 5.75 Å². The zero-order chi connectivity index (χ0) is 13.0. The number of hydrogen-bond acceptors (Lipinski definition) is 3. The van der Waals surface area contributed by atoms with Gasteiger partial charge in [0.25, 0.3) is 0 Å². The first-order valence-corrected chi connectivity index (χ1v) is 6.55. The van der Waals surface area contributed by atoms with Gasteiger partial charge in [-0.15, -0.1) is 0 Å². The lowest BCUT2D eigenvalue weighted by Crippen LogP contribution is -2.28. The largest absolute Gasteiger partial charge is 0.497 e. The third-order valence-electron chi connectivity index (χ3n) is 3.60. The van der Waals surface area contributed by atoms with Crippen LogP contribution in [0.1, 0.15) is 43.0 Å². The topological polar surface area (TPSA) is 35.5 Å². The molecule has 0 saturated heterocycles. The molecule has 2 atom stereocenters. The molecule has 0 heterocycles. The number of carbonyl (C=O) groups excluding carboxylic acids is 1. The van der Waals surface area contributed by atoms with Gasteiger partial charge in [-0.05, 0) is 43.4 Å². The quantitative estimate of drug-likeness (QED) is 0.769. The summed E-state index contributed by atoms with van der Waals surface area (Å²) in [5.74, 6) is 0.905. The minimum absolute atomic E-state index is 0.0671. The van der Waals surface area contributed by atoms with Gasteiger partial charge in [0, 0.05) is 0 Å². The van der Waals surface area contributed by atoms with E-state index >= 15 is 0 Å². The van der Waals surface area contributed by atoms with Crippen LogP contribution >= 0.6 is 0 Å². The minimum atomic E-state index is -0.243. The molecule has 18 heavy (non-hydrogen) atoms. The summed E-state index contributed by atoms with van der Waals surface area (Å²) in [7, 11) is 1.59. The second-order valence-electron chi connectivity index (χ2n) is 4.94. The van der Waals surface area contributed by atoms with E-state index in [1.165, 1.54) is 6.42 Å². The molecule has 2 rings (SSSR count). The van der Waals surface area contributed by atoms with Crippen LogP contribution in [0.5, 0.6) is 5.75 Å². The van der Waals surface area contributed by atoms with E-state index in [0.717, 1.165) is 19.3 Å². The number of rotatable bonds is 3. The van der Waals surface area contributed by atoms with Gasteiger partial charge in [0.15, 0.2) is 0 Å². The summed E-state index contributed by atoms with van der Waals surface area (Å²) in [6.45, 7) is 2.16. The maximum atomic E-state index is 12.0. The first kappa shape index (κ1) is 12.9. The van der Waals surface area contributed by atoms with E-state index in [1.54, 1.807) is 25.3 Å². The number of benzene rings is 1. The Kier molecular flexibility index (Phi) is 4.24. The van der Waals surface area contributed by atoms with Crippen molar-refractivity contribution in [1.29, 1.82) is 0 Å². The molecule has 0 radical (unpaired) electrons. The standard InChI is InChI=1S/C15H20O3/c1-11-6-3-4-9-14(11)18-15(16)12-7-5-8-13(10-12)17-2/h5,7-8,10-11,14H,3-4,6,9H2,1-2H3. The summed E-state index contributed by atoms with van der Waals surface area (Å²) >= 11 is 0. The molecule has 1 aliphatic rings. The Morgan fingerprint density at radius 3 is 2.78 bits per heavy atom. The zero-order valence-electron chi connectivity index (χ0n) is 11.0. The molecule has 0 amide bonds. The Morgan fingerprint density at radius 1 is 1.28 bits per heavy atom. The van der Waals surface area contributed by atoms with Gasteiger partial charge >= 0.3 is 5.97 Å². The van der Waals surface area contributed by atoms with Crippen molar-refractivity contribution in [3.63, 3.8) is 0 Å². The molecule has 98 valence electrons. The fourth-order valence-electron chi connectivity index (χ4n) is 2.41. The molecular formula is C15H20O3. The van der Waals surface area contributed by atoms with Crippen molar-refractivity contribution in [2.24, 2.45) is 5.92 Å². The Bertz CT molecular complexity index is 414. The van der Waals surface area contributed by atoms with Crippen molar-refractivity contribution in [3.05, 3.63) is 29.8 Å². The van der Waals surface area contributed by atoms with Crippen LogP contribution in [0.15, 0.2) is 24.3 Å². The van der Waals surface area contributed by atoms with Crippen LogP contribution in [-0.2, 0) is 4.74 Å². The van der Waals surface area contributed by atoms with Crippen LogP contribution in [0.2, 0.25) is 0 Å². The summed E-state index contributed by atoms with van der Waals surface area (Å²) in [5.41, 5.74) is 0.562. The van der Waals surface area contributed by atoms with E-state index in [-0.39, 0.29) is 12.1 Å². The van der Waals surface area contributed by atoms with E-state index in [0.29, 0.717) is 17.2 Å². The molecule has 1 aliphatic carbocycles. The van der Waals surface area contributed by atoms with Gasteiger partial charge in [0.1, 0.15) is 11.9 Å². The average molecular weight is 248 g/mol. The third kappa shape index (κ3) is 3.03. The Hall–Kier alpha value is -1.51. The number of hydrogen-bond donors (Lipinski definition) is 0. The van der Waals surface area contributed by atoms with Crippen LogP contribution in [0.4, 0.5) is 0 Å². The molecule has 0 N–H and O–H groups in total. The zero-order valence-corrected chi connectivity index (χ0v) is 11.0. The highest BCUT2D eigenvalue weighted by Crippen LogP contribution is 2.27. The lowest BCUT2D eigenvalue weighted by Gasteiger charge is -2.28. The molecule has 1 saturated carbocycles. The van der Waals surface area contributed by atoms with E-state index in [4.69, 9.17) is 9.47 Å². The Balaban J connectivity index is 2.02. The maximum Gasteiger partial charge on any atom is 0.338 e. The summed E-state index contributed by atoms with van der Waals surface area (Å²) in [6.07, 6.45) is 4.60. The van der Waals surface area contributed by atoms with Gasteiger partial charge in [-0.1, -0.05) is 19.4 Å². The molecule has 2 unspecified atom stereocenters. The number of methoxy groups -OCH3 is 1. The highest BCUT2D eigenvalue weighted by Gasteiger charge is 2.25. The predicted molar refractivity (Wildman–Crippen MR) is 69.8 cm³/mol. The van der Waals surface area contributed by atoms with Crippen molar-refractivity contribution in [2.75, 3.05) is 7.11 Å². The van der Waals surface area contributed by atoms with Crippen LogP contribution < -0.4 is 4.74 Å². The predicted octanol–water partition coefficient (Wildman–Crippen LogP) is 3.43. The summed E-state index contributed by atoms with van der Waals surface area (Å²) in [6, 6.07) is 7.11. The van der Waals surface area contributed by atoms with Crippen molar-refractivity contribution >= 4 is 5.97 Å². The van der Waals surface area contributed by atoms with Crippen LogP contribution in [0.25, 0.3) is 0 Å². The van der Waals surface area contributed by atoms with E-state index in [9.17, 15) is 4.79 Å². The van der Waals surface area contributed by atoms with Gasteiger partial charge in [-0.2, -0.15) is 0 Å². The van der Waals surface area contributed by atoms with Crippen LogP contribution in [-0.4, -0.2) is 19.2 Å². The number of carbonyl (C=O) groups is 1. The van der Waals surface area contributed by atoms with E-state index in [2.05, 4.69) is 6.92 Å². The SMILES string of the molecule is COc1cccc(C(=O)OC2CCCCC2C)c1. The first-order chi connectivity index (χ1) is 8.70. The molecular weight excluding hydrogens is 228 g/mol. The maximum absolute atomic E-state index is 12.0. The van der Waals surface area contributed by atoms with E-state index in [1.807, 2.05) is 6.07 Å². The molecule has 0 spiro atoms. The fourth-order valence-corrected chi connectivity index (χ4v) is 2.41. The average Bonchev–Trinajstić information content (AvgIpc) is 2.41. The number of esters is 1. The van der Waals surface area contributed by atoms with E-state index < -0.39 is 0 Å². The monoisotopic (exact) mass is 248 g/mol. The summed E-state index contributed by atoms with van der Waals surface area (Å²) < 4.78 is 10.7. The lowest BCUT2D eigenvalue weighted by molar-refractivity contribution is 0.00478. The molecule has 3 nitrogen and oxygen atoms in total. The van der Waals surface area contributed by atoms with Gasteiger partial charge < -0.3 is 9.47 Å². The number of ether oxygens (including phenoxy) is 2. The first-order valence-electron chi connectivity index (χ1n) is 6.55. The van der Waals surface area contributed by atoms with Crippen molar-refractivity contribution in [1.82, 2.24) is 0 Å². The molecule has 1 aromatic carbocycles. The summed E-state index contributed by atoms with van der Waals surface area (Å²) in [4.78, 5) is 12.0.